The zero-order valence-corrected chi connectivity index (χ0v) is 24.9. The number of alkyl halides is 1. The fraction of sp³-hybridized carbons (Fsp3) is 0.704. The van der Waals surface area contributed by atoms with Crippen LogP contribution in [0, 0.1) is 30.1 Å². The van der Waals surface area contributed by atoms with Gasteiger partial charge in [-0.3, -0.25) is 9.59 Å². The molecule has 9 heteroatoms. The third kappa shape index (κ3) is 5.94. The van der Waals surface area contributed by atoms with Gasteiger partial charge in [-0.2, -0.15) is 0 Å². The van der Waals surface area contributed by atoms with E-state index in [1.807, 2.05) is 24.0 Å². The van der Waals surface area contributed by atoms with Gasteiger partial charge in [-0.15, -0.1) is 0 Å². The molecular formula is C27H43BIN3O4. The van der Waals surface area contributed by atoms with Gasteiger partial charge in [0.2, 0.25) is 5.91 Å². The smallest absolute Gasteiger partial charge is 0.404 e. The van der Waals surface area contributed by atoms with Crippen molar-refractivity contribution in [3.63, 3.8) is 0 Å². The number of benzene rings is 1. The number of rotatable bonds is 8. The zero-order chi connectivity index (χ0) is 26.8. The van der Waals surface area contributed by atoms with Crippen LogP contribution in [0.25, 0.3) is 0 Å². The molecule has 0 aromatic heterocycles. The highest BCUT2D eigenvalue weighted by Crippen LogP contribution is 2.65. The van der Waals surface area contributed by atoms with E-state index in [0.29, 0.717) is 23.3 Å². The second-order valence-electron chi connectivity index (χ2n) is 11.8. The molecule has 200 valence electrons. The van der Waals surface area contributed by atoms with Crippen LogP contribution in [-0.2, 0) is 14.1 Å². The molecule has 4 fully saturated rings. The summed E-state index contributed by atoms with van der Waals surface area (Å²) in [4.78, 5) is 27.3. The van der Waals surface area contributed by atoms with Gasteiger partial charge >= 0.3 is 7.12 Å². The van der Waals surface area contributed by atoms with Gasteiger partial charge in [0.05, 0.1) is 17.6 Å². The molecule has 6 atom stereocenters. The Bertz CT molecular complexity index is 928. The van der Waals surface area contributed by atoms with Crippen molar-refractivity contribution in [2.24, 2.45) is 28.9 Å². The van der Waals surface area contributed by atoms with Gasteiger partial charge in [-0.1, -0.05) is 68.0 Å². The number of hydrogen-bond acceptors (Lipinski definition) is 5. The summed E-state index contributed by atoms with van der Waals surface area (Å²) in [6.07, 6.45) is 2.97. The summed E-state index contributed by atoms with van der Waals surface area (Å²) >= 11 is 2.15. The first-order chi connectivity index (χ1) is 16.9. The maximum Gasteiger partial charge on any atom is 0.481 e. The highest BCUT2D eigenvalue weighted by atomic mass is 127. The van der Waals surface area contributed by atoms with Crippen LogP contribution in [0.1, 0.15) is 69.8 Å². The van der Waals surface area contributed by atoms with Crippen LogP contribution >= 0.6 is 22.6 Å². The number of nitrogens with two attached hydrogens (primary N) is 1. The average molecular weight is 611 g/mol. The summed E-state index contributed by atoms with van der Waals surface area (Å²) in [5.41, 5.74) is 7.70. The maximum atomic E-state index is 13.0. The molecule has 5 rings (SSSR count). The number of nitrogens with one attached hydrogen (secondary N) is 2. The number of hydrogen-bond donors (Lipinski definition) is 3. The molecule has 3 saturated carbocycles. The Morgan fingerprint density at radius 3 is 2.39 bits per heavy atom. The van der Waals surface area contributed by atoms with Crippen LogP contribution in [0.4, 0.5) is 0 Å². The lowest BCUT2D eigenvalue weighted by Crippen LogP contribution is -2.65. The van der Waals surface area contributed by atoms with Crippen LogP contribution in [0.5, 0.6) is 0 Å². The molecule has 0 radical (unpaired) electrons. The predicted octanol–water partition coefficient (Wildman–Crippen LogP) is 3.90. The van der Waals surface area contributed by atoms with Crippen LogP contribution in [0.2, 0.25) is 0 Å². The van der Waals surface area contributed by atoms with Crippen molar-refractivity contribution in [2.75, 3.05) is 11.5 Å². The van der Waals surface area contributed by atoms with Crippen LogP contribution in [0.15, 0.2) is 24.3 Å². The third-order valence-corrected chi connectivity index (χ3v) is 8.48. The normalized spacial score (nSPS) is 29.3. The molecular weight excluding hydrogens is 568 g/mol. The molecule has 3 aliphatic carbocycles. The standard InChI is InChI=1S/C26H40BN3O4.CH3I/c1-15(2)11-22(27-33-21-13-18-12-20(25(18,4)5)26(21,6)34-27)30-24(32)19(28)14-29-23(31)17-9-7-16(3)8-10-17;1-2/h7-10,15,18-22H,11-14,28H2,1-6H3,(H,29,31)(H,30,32);1H3/t18-,19-,20-,21+,22-,26-;/m0./s1. The third-order valence-electron chi connectivity index (χ3n) is 8.48. The first kappa shape index (κ1) is 29.4. The average Bonchev–Trinajstić information content (AvgIpc) is 3.20. The summed E-state index contributed by atoms with van der Waals surface area (Å²) in [6.45, 7) is 13.1. The molecule has 1 saturated heterocycles. The molecule has 1 heterocycles. The molecule has 2 amide bonds. The number of aryl methyl sites for hydroxylation is 1. The Morgan fingerprint density at radius 2 is 1.81 bits per heavy atom. The molecule has 36 heavy (non-hydrogen) atoms. The summed E-state index contributed by atoms with van der Waals surface area (Å²) in [5.74, 6) is 0.615. The van der Waals surface area contributed by atoms with Gasteiger partial charge < -0.3 is 25.7 Å². The molecule has 7 nitrogen and oxygen atoms in total. The predicted molar refractivity (Wildman–Crippen MR) is 153 cm³/mol. The largest absolute Gasteiger partial charge is 0.481 e. The fourth-order valence-corrected chi connectivity index (χ4v) is 6.21. The molecule has 0 unspecified atom stereocenters. The minimum atomic E-state index is -0.866. The van der Waals surface area contributed by atoms with Crippen molar-refractivity contribution < 1.29 is 18.9 Å². The summed E-state index contributed by atoms with van der Waals surface area (Å²) in [6, 6.07) is 6.41. The minimum absolute atomic E-state index is 0.0532. The maximum absolute atomic E-state index is 13.0. The van der Waals surface area contributed by atoms with Crippen LogP contribution < -0.4 is 16.4 Å². The van der Waals surface area contributed by atoms with Crippen molar-refractivity contribution in [1.82, 2.24) is 10.6 Å². The lowest BCUT2D eigenvalue weighted by atomic mass is 9.43. The topological polar surface area (TPSA) is 103 Å². The number of carbonyl (C=O) groups is 2. The van der Waals surface area contributed by atoms with E-state index in [1.165, 1.54) is 6.42 Å². The van der Waals surface area contributed by atoms with Gasteiger partial charge in [0.25, 0.3) is 5.91 Å². The Balaban J connectivity index is 0.00000176. The molecule has 0 spiro atoms. The van der Waals surface area contributed by atoms with E-state index in [-0.39, 0.29) is 41.4 Å². The van der Waals surface area contributed by atoms with E-state index in [9.17, 15) is 9.59 Å². The fourth-order valence-electron chi connectivity index (χ4n) is 6.21. The highest BCUT2D eigenvalue weighted by Gasteiger charge is 2.68. The molecule has 2 bridgehead atoms. The molecule has 4 aliphatic rings. The number of carbonyl (C=O) groups excluding carboxylic acids is 2. The van der Waals surface area contributed by atoms with Crippen molar-refractivity contribution in [2.45, 2.75) is 84.5 Å². The van der Waals surface area contributed by atoms with Crippen molar-refractivity contribution in [3.05, 3.63) is 35.4 Å². The number of halogens is 1. The first-order valence-corrected chi connectivity index (χ1v) is 15.2. The highest BCUT2D eigenvalue weighted by molar-refractivity contribution is 14.1. The Labute approximate surface area is 230 Å². The van der Waals surface area contributed by atoms with E-state index >= 15 is 0 Å². The molecule has 1 aromatic rings. The lowest BCUT2D eigenvalue weighted by Gasteiger charge is -2.64. The molecule has 1 aromatic carbocycles. The van der Waals surface area contributed by atoms with Gasteiger partial charge in [0.1, 0.15) is 6.04 Å². The SMILES string of the molecule is CI.Cc1ccc(C(=O)NC[C@H](N)C(=O)N[C@@H](CC(C)C)B2O[C@@H]3C[C@@H]4C[C@@H](C4(C)C)[C@]3(C)O2)cc1. The van der Waals surface area contributed by atoms with E-state index in [2.05, 4.69) is 67.8 Å². The Kier molecular flexibility index (Phi) is 9.55. The van der Waals surface area contributed by atoms with Crippen LogP contribution in [-0.4, -0.2) is 54.1 Å². The minimum Gasteiger partial charge on any atom is -0.404 e. The van der Waals surface area contributed by atoms with Gasteiger partial charge in [0.15, 0.2) is 0 Å². The summed E-state index contributed by atoms with van der Waals surface area (Å²) in [7, 11) is -0.495. The van der Waals surface area contributed by atoms with E-state index in [1.54, 1.807) is 12.1 Å². The quantitative estimate of drug-likeness (QED) is 0.235. The Morgan fingerprint density at radius 1 is 1.17 bits per heavy atom. The van der Waals surface area contributed by atoms with E-state index in [4.69, 9.17) is 15.0 Å². The first-order valence-electron chi connectivity index (χ1n) is 13.0. The van der Waals surface area contributed by atoms with E-state index in [0.717, 1.165) is 18.4 Å². The summed E-state index contributed by atoms with van der Waals surface area (Å²) < 4.78 is 13.0. The van der Waals surface area contributed by atoms with Crippen LogP contribution in [0.3, 0.4) is 0 Å². The van der Waals surface area contributed by atoms with Gasteiger partial charge in [-0.05, 0) is 73.3 Å². The van der Waals surface area contributed by atoms with Crippen molar-refractivity contribution in [1.29, 1.82) is 0 Å². The van der Waals surface area contributed by atoms with E-state index < -0.39 is 13.2 Å². The monoisotopic (exact) mass is 611 g/mol. The second kappa shape index (κ2) is 11.7. The van der Waals surface area contributed by atoms with Gasteiger partial charge in [-0.25, -0.2) is 0 Å². The van der Waals surface area contributed by atoms with Gasteiger partial charge in [0, 0.05) is 12.1 Å². The molecule has 4 N–H and O–H groups in total. The zero-order valence-electron chi connectivity index (χ0n) is 22.8. The summed E-state index contributed by atoms with van der Waals surface area (Å²) in [5, 5.41) is 5.83. The Hall–Kier alpha value is -1.17. The second-order valence-corrected chi connectivity index (χ2v) is 11.8. The van der Waals surface area contributed by atoms with Crippen molar-refractivity contribution in [3.8, 4) is 0 Å². The molecule has 1 aliphatic heterocycles. The number of amides is 2. The lowest BCUT2D eigenvalue weighted by molar-refractivity contribution is -0.199. The van der Waals surface area contributed by atoms with Crippen molar-refractivity contribution >= 4 is 41.5 Å².